The number of hydrogen-bond acceptors (Lipinski definition) is 3. The van der Waals surface area contributed by atoms with E-state index in [4.69, 9.17) is 22.1 Å². The van der Waals surface area contributed by atoms with Crippen molar-refractivity contribution in [2.45, 2.75) is 13.5 Å². The van der Waals surface area contributed by atoms with Crippen molar-refractivity contribution in [3.8, 4) is 11.6 Å². The highest BCUT2D eigenvalue weighted by Gasteiger charge is 2.02. The van der Waals surface area contributed by atoms with Gasteiger partial charge in [-0.1, -0.05) is 17.7 Å². The number of benzene rings is 1. The van der Waals surface area contributed by atoms with Crippen molar-refractivity contribution in [2.24, 2.45) is 5.73 Å². The Bertz CT molecular complexity index is 532. The first-order valence-corrected chi connectivity index (χ1v) is 5.66. The van der Waals surface area contributed by atoms with Crippen molar-refractivity contribution in [1.82, 2.24) is 4.98 Å². The van der Waals surface area contributed by atoms with Gasteiger partial charge in [-0.3, -0.25) is 0 Å². The summed E-state index contributed by atoms with van der Waals surface area (Å²) in [7, 11) is 0. The molecule has 0 aliphatic rings. The Morgan fingerprint density at radius 1 is 1.33 bits per heavy atom. The van der Waals surface area contributed by atoms with Crippen molar-refractivity contribution in [2.75, 3.05) is 0 Å². The first-order chi connectivity index (χ1) is 8.19. The number of halogens is 2. The van der Waals surface area contributed by atoms with Crippen LogP contribution in [0.5, 0.6) is 11.6 Å². The number of hydrogen-bond donors (Lipinski definition) is 1. The summed E-state index contributed by atoms with van der Waals surface area (Å²) in [5, 5.41) is 0.637. The first kappa shape index (κ1) is 14.8. The Kier molecular flexibility index (Phi) is 5.41. The highest BCUT2D eigenvalue weighted by molar-refractivity contribution is 6.30. The highest BCUT2D eigenvalue weighted by atomic mass is 35.5. The molecule has 18 heavy (non-hydrogen) atoms. The van der Waals surface area contributed by atoms with Crippen LogP contribution in [0.1, 0.15) is 11.1 Å². The Labute approximate surface area is 117 Å². The summed E-state index contributed by atoms with van der Waals surface area (Å²) in [6.45, 7) is 2.46. The van der Waals surface area contributed by atoms with E-state index >= 15 is 0 Å². The van der Waals surface area contributed by atoms with Gasteiger partial charge in [-0.2, -0.15) is 0 Å². The minimum Gasteiger partial charge on any atom is -0.439 e. The fourth-order valence-corrected chi connectivity index (χ4v) is 1.66. The molecule has 0 atom stereocenters. The molecule has 0 fully saturated rings. The molecular formula is C13H14Cl2N2O. The number of nitrogens with zero attached hydrogens (tertiary/aromatic N) is 1. The molecule has 1 heterocycles. The van der Waals surface area contributed by atoms with Crippen LogP contribution in [-0.2, 0) is 6.54 Å². The van der Waals surface area contributed by atoms with Crippen molar-refractivity contribution in [1.29, 1.82) is 0 Å². The molecule has 0 unspecified atom stereocenters. The van der Waals surface area contributed by atoms with Gasteiger partial charge < -0.3 is 10.5 Å². The van der Waals surface area contributed by atoms with E-state index in [9.17, 15) is 0 Å². The van der Waals surface area contributed by atoms with Gasteiger partial charge in [0.05, 0.1) is 0 Å². The number of aromatic nitrogens is 1. The Balaban J connectivity index is 0.00000162. The molecule has 5 heteroatoms. The van der Waals surface area contributed by atoms with Crippen LogP contribution in [0.4, 0.5) is 0 Å². The predicted octanol–water partition coefficient (Wildman–Crippen LogP) is 3.72. The third-order valence-electron chi connectivity index (χ3n) is 2.43. The van der Waals surface area contributed by atoms with Crippen LogP contribution in [-0.4, -0.2) is 4.98 Å². The largest absolute Gasteiger partial charge is 0.439 e. The van der Waals surface area contributed by atoms with E-state index in [-0.39, 0.29) is 12.4 Å². The normalized spacial score (nSPS) is 9.72. The van der Waals surface area contributed by atoms with Gasteiger partial charge in [-0.15, -0.1) is 12.4 Å². The number of rotatable bonds is 3. The maximum Gasteiger partial charge on any atom is 0.219 e. The topological polar surface area (TPSA) is 48.1 Å². The molecule has 0 aliphatic carbocycles. The van der Waals surface area contributed by atoms with Crippen LogP contribution < -0.4 is 10.5 Å². The van der Waals surface area contributed by atoms with Gasteiger partial charge in [-0.05, 0) is 36.2 Å². The monoisotopic (exact) mass is 284 g/mol. The van der Waals surface area contributed by atoms with Gasteiger partial charge in [0.1, 0.15) is 5.75 Å². The molecule has 0 saturated carbocycles. The second kappa shape index (κ2) is 6.59. The fourth-order valence-electron chi connectivity index (χ4n) is 1.48. The Morgan fingerprint density at radius 3 is 2.72 bits per heavy atom. The van der Waals surface area contributed by atoms with E-state index in [0.29, 0.717) is 23.2 Å². The Hall–Kier alpha value is -1.29. The van der Waals surface area contributed by atoms with Crippen LogP contribution in [0.3, 0.4) is 0 Å². The molecule has 96 valence electrons. The average molecular weight is 285 g/mol. The first-order valence-electron chi connectivity index (χ1n) is 5.28. The number of aryl methyl sites for hydroxylation is 1. The van der Waals surface area contributed by atoms with Gasteiger partial charge in [0.15, 0.2) is 0 Å². The second-order valence-electron chi connectivity index (χ2n) is 3.71. The molecule has 0 amide bonds. The number of nitrogens with two attached hydrogens (primary N) is 1. The second-order valence-corrected chi connectivity index (χ2v) is 4.15. The van der Waals surface area contributed by atoms with E-state index in [1.54, 1.807) is 18.3 Å². The maximum absolute atomic E-state index is 5.87. The molecule has 0 aliphatic heterocycles. The lowest BCUT2D eigenvalue weighted by Crippen LogP contribution is -2.00. The van der Waals surface area contributed by atoms with E-state index in [1.165, 1.54) is 0 Å². The molecule has 0 bridgehead atoms. The summed E-state index contributed by atoms with van der Waals surface area (Å²) in [5.74, 6) is 1.21. The summed E-state index contributed by atoms with van der Waals surface area (Å²) in [4.78, 5) is 4.19. The lowest BCUT2D eigenvalue weighted by molar-refractivity contribution is 0.462. The van der Waals surface area contributed by atoms with E-state index < -0.39 is 0 Å². The molecule has 2 N–H and O–H groups in total. The molecule has 0 saturated heterocycles. The van der Waals surface area contributed by atoms with Crippen molar-refractivity contribution in [3.05, 3.63) is 52.7 Å². The van der Waals surface area contributed by atoms with E-state index in [1.807, 2.05) is 25.1 Å². The van der Waals surface area contributed by atoms with Gasteiger partial charge >= 0.3 is 0 Å². The molecular weight excluding hydrogens is 271 g/mol. The van der Waals surface area contributed by atoms with E-state index in [0.717, 1.165) is 11.1 Å². The summed E-state index contributed by atoms with van der Waals surface area (Å²) in [5.41, 5.74) is 7.66. The zero-order chi connectivity index (χ0) is 12.3. The van der Waals surface area contributed by atoms with Gasteiger partial charge in [-0.25, -0.2) is 4.98 Å². The van der Waals surface area contributed by atoms with Gasteiger partial charge in [0.2, 0.25) is 5.88 Å². The smallest absolute Gasteiger partial charge is 0.219 e. The third kappa shape index (κ3) is 3.60. The van der Waals surface area contributed by atoms with Crippen molar-refractivity contribution in [3.63, 3.8) is 0 Å². The van der Waals surface area contributed by atoms with Crippen LogP contribution >= 0.6 is 24.0 Å². The SMILES string of the molecule is Cc1cc(Oc2cccc(Cl)c2)ncc1CN.Cl. The summed E-state index contributed by atoms with van der Waals surface area (Å²) < 4.78 is 5.60. The zero-order valence-corrected chi connectivity index (χ0v) is 11.5. The highest BCUT2D eigenvalue weighted by Crippen LogP contribution is 2.23. The lowest BCUT2D eigenvalue weighted by Gasteiger charge is -2.07. The lowest BCUT2D eigenvalue weighted by atomic mass is 10.2. The average Bonchev–Trinajstić information content (AvgIpc) is 2.29. The maximum atomic E-state index is 5.87. The van der Waals surface area contributed by atoms with Gasteiger partial charge in [0, 0.05) is 23.8 Å². The fraction of sp³-hybridized carbons (Fsp3) is 0.154. The van der Waals surface area contributed by atoms with Crippen LogP contribution in [0, 0.1) is 6.92 Å². The van der Waals surface area contributed by atoms with Crippen molar-refractivity contribution >= 4 is 24.0 Å². The minimum absolute atomic E-state index is 0. The van der Waals surface area contributed by atoms with E-state index in [2.05, 4.69) is 4.98 Å². The molecule has 1 aromatic carbocycles. The van der Waals surface area contributed by atoms with Crippen molar-refractivity contribution < 1.29 is 4.74 Å². The molecule has 0 spiro atoms. The quantitative estimate of drug-likeness (QED) is 0.935. The summed E-state index contributed by atoms with van der Waals surface area (Å²) in [6.07, 6.45) is 1.73. The zero-order valence-electron chi connectivity index (χ0n) is 9.89. The third-order valence-corrected chi connectivity index (χ3v) is 2.67. The van der Waals surface area contributed by atoms with Crippen LogP contribution in [0.2, 0.25) is 5.02 Å². The molecule has 1 aromatic heterocycles. The van der Waals surface area contributed by atoms with Crippen LogP contribution in [0.15, 0.2) is 36.5 Å². The number of pyridine rings is 1. The molecule has 2 aromatic rings. The predicted molar refractivity (Wildman–Crippen MR) is 75.6 cm³/mol. The standard InChI is InChI=1S/C13H13ClN2O.ClH/c1-9-5-13(16-8-10(9)7-15)17-12-4-2-3-11(14)6-12;/h2-6,8H,7,15H2,1H3;1H. The molecule has 2 rings (SSSR count). The molecule has 3 nitrogen and oxygen atoms in total. The Morgan fingerprint density at radius 2 is 2.11 bits per heavy atom. The summed E-state index contributed by atoms with van der Waals surface area (Å²) >= 11 is 5.87. The summed E-state index contributed by atoms with van der Waals surface area (Å²) in [6, 6.07) is 9.07. The number of ether oxygens (including phenoxy) is 1. The molecule has 0 radical (unpaired) electrons. The van der Waals surface area contributed by atoms with Gasteiger partial charge in [0.25, 0.3) is 0 Å². The van der Waals surface area contributed by atoms with Crippen LogP contribution in [0.25, 0.3) is 0 Å². The minimum atomic E-state index is 0.